The van der Waals surface area contributed by atoms with E-state index in [4.69, 9.17) is 4.42 Å². The molecule has 17 heavy (non-hydrogen) atoms. The quantitative estimate of drug-likeness (QED) is 0.628. The van der Waals surface area contributed by atoms with E-state index in [-0.39, 0.29) is 0 Å². The van der Waals surface area contributed by atoms with Gasteiger partial charge in [0.25, 0.3) is 0 Å². The zero-order valence-corrected chi connectivity index (χ0v) is 8.83. The van der Waals surface area contributed by atoms with Crippen LogP contribution in [0.5, 0.6) is 0 Å². The highest BCUT2D eigenvalue weighted by Crippen LogP contribution is 2.20. The molecule has 0 saturated carbocycles. The Hall–Kier alpha value is -2.49. The first-order valence-electron chi connectivity index (χ1n) is 5.14. The lowest BCUT2D eigenvalue weighted by Gasteiger charge is -2.02. The van der Waals surface area contributed by atoms with Gasteiger partial charge in [0.05, 0.1) is 11.8 Å². The van der Waals surface area contributed by atoms with E-state index in [0.29, 0.717) is 17.3 Å². The minimum Gasteiger partial charge on any atom is -0.461 e. The zero-order valence-electron chi connectivity index (χ0n) is 8.83. The number of hydrogen-bond donors (Lipinski definition) is 0. The Kier molecular flexibility index (Phi) is 2.19. The first kappa shape index (κ1) is 9.72. The SMILES string of the molecule is O=Cc1nc(-c2ccco2)nc2ccccc12. The van der Waals surface area contributed by atoms with E-state index in [1.165, 1.54) is 0 Å². The molecule has 0 radical (unpaired) electrons. The van der Waals surface area contributed by atoms with E-state index in [0.717, 1.165) is 17.2 Å². The van der Waals surface area contributed by atoms with Crippen molar-refractivity contribution in [1.82, 2.24) is 9.97 Å². The first-order valence-corrected chi connectivity index (χ1v) is 5.14. The Morgan fingerprint density at radius 3 is 2.71 bits per heavy atom. The van der Waals surface area contributed by atoms with Crippen LogP contribution in [0.3, 0.4) is 0 Å². The van der Waals surface area contributed by atoms with E-state index >= 15 is 0 Å². The van der Waals surface area contributed by atoms with Crippen LogP contribution < -0.4 is 0 Å². The van der Waals surface area contributed by atoms with Crippen molar-refractivity contribution in [3.8, 4) is 11.6 Å². The molecular weight excluding hydrogens is 216 g/mol. The summed E-state index contributed by atoms with van der Waals surface area (Å²) in [6.45, 7) is 0. The second-order valence-corrected chi connectivity index (χ2v) is 3.54. The van der Waals surface area contributed by atoms with Crippen LogP contribution in [0, 0.1) is 0 Å². The molecule has 0 N–H and O–H groups in total. The summed E-state index contributed by atoms with van der Waals surface area (Å²) in [7, 11) is 0. The maximum atomic E-state index is 11.0. The Morgan fingerprint density at radius 2 is 1.94 bits per heavy atom. The minimum atomic E-state index is 0.377. The third-order valence-electron chi connectivity index (χ3n) is 2.49. The summed E-state index contributed by atoms with van der Waals surface area (Å²) in [5.41, 5.74) is 1.11. The molecular formula is C13H8N2O2. The van der Waals surface area contributed by atoms with Crippen LogP contribution in [-0.2, 0) is 0 Å². The highest BCUT2D eigenvalue weighted by atomic mass is 16.3. The Morgan fingerprint density at radius 1 is 1.06 bits per heavy atom. The van der Waals surface area contributed by atoms with Gasteiger partial charge in [0, 0.05) is 5.39 Å². The molecule has 3 rings (SSSR count). The van der Waals surface area contributed by atoms with Crippen molar-refractivity contribution < 1.29 is 9.21 Å². The third kappa shape index (κ3) is 1.59. The van der Waals surface area contributed by atoms with E-state index in [2.05, 4.69) is 9.97 Å². The van der Waals surface area contributed by atoms with Gasteiger partial charge in [-0.15, -0.1) is 0 Å². The average Bonchev–Trinajstić information content (AvgIpc) is 2.91. The molecule has 4 nitrogen and oxygen atoms in total. The number of aromatic nitrogens is 2. The predicted octanol–water partition coefficient (Wildman–Crippen LogP) is 2.70. The first-order chi connectivity index (χ1) is 8.38. The maximum Gasteiger partial charge on any atom is 0.196 e. The standard InChI is InChI=1S/C13H8N2O2/c16-8-11-9-4-1-2-5-10(9)14-13(15-11)12-6-3-7-17-12/h1-8H. The van der Waals surface area contributed by atoms with E-state index in [9.17, 15) is 4.79 Å². The molecule has 2 heterocycles. The number of benzene rings is 1. The lowest BCUT2D eigenvalue weighted by atomic mass is 10.2. The topological polar surface area (TPSA) is 56.0 Å². The van der Waals surface area contributed by atoms with Crippen molar-refractivity contribution in [1.29, 1.82) is 0 Å². The zero-order chi connectivity index (χ0) is 11.7. The van der Waals surface area contributed by atoms with Gasteiger partial charge in [-0.3, -0.25) is 4.79 Å². The number of carbonyl (C=O) groups excluding carboxylic acids is 1. The summed E-state index contributed by atoms with van der Waals surface area (Å²) in [5.74, 6) is 0.981. The summed E-state index contributed by atoms with van der Waals surface area (Å²) < 4.78 is 5.23. The van der Waals surface area contributed by atoms with Gasteiger partial charge in [0.1, 0.15) is 5.69 Å². The van der Waals surface area contributed by atoms with Crippen LogP contribution in [-0.4, -0.2) is 16.3 Å². The number of furan rings is 1. The summed E-state index contributed by atoms with van der Waals surface area (Å²) in [5, 5.41) is 0.748. The van der Waals surface area contributed by atoms with Crippen LogP contribution in [0.2, 0.25) is 0 Å². The fourth-order valence-corrected chi connectivity index (χ4v) is 1.71. The predicted molar refractivity (Wildman–Crippen MR) is 62.6 cm³/mol. The number of fused-ring (bicyclic) bond motifs is 1. The molecule has 1 aromatic carbocycles. The number of rotatable bonds is 2. The van der Waals surface area contributed by atoms with Crippen molar-refractivity contribution in [3.63, 3.8) is 0 Å². The van der Waals surface area contributed by atoms with Gasteiger partial charge in [0.15, 0.2) is 17.9 Å². The van der Waals surface area contributed by atoms with Crippen LogP contribution in [0.25, 0.3) is 22.5 Å². The normalized spacial score (nSPS) is 10.6. The molecule has 0 spiro atoms. The Balaban J connectivity index is 2.32. The largest absolute Gasteiger partial charge is 0.461 e. The van der Waals surface area contributed by atoms with Crippen LogP contribution in [0.4, 0.5) is 0 Å². The number of aldehydes is 1. The molecule has 82 valence electrons. The van der Waals surface area contributed by atoms with E-state index in [1.54, 1.807) is 18.4 Å². The summed E-state index contributed by atoms with van der Waals surface area (Å²) in [6.07, 6.45) is 2.28. The molecule has 4 heteroatoms. The van der Waals surface area contributed by atoms with Crippen LogP contribution >= 0.6 is 0 Å². The molecule has 0 aliphatic heterocycles. The van der Waals surface area contributed by atoms with E-state index < -0.39 is 0 Å². The summed E-state index contributed by atoms with van der Waals surface area (Å²) in [6, 6.07) is 10.9. The van der Waals surface area contributed by atoms with Gasteiger partial charge in [0.2, 0.25) is 0 Å². The van der Waals surface area contributed by atoms with Gasteiger partial charge in [-0.05, 0) is 18.2 Å². The fourth-order valence-electron chi connectivity index (χ4n) is 1.71. The molecule has 0 unspecified atom stereocenters. The van der Waals surface area contributed by atoms with E-state index in [1.807, 2.05) is 24.3 Å². The Labute approximate surface area is 96.9 Å². The van der Waals surface area contributed by atoms with Gasteiger partial charge < -0.3 is 4.42 Å². The van der Waals surface area contributed by atoms with Crippen molar-refractivity contribution in [2.24, 2.45) is 0 Å². The highest BCUT2D eigenvalue weighted by Gasteiger charge is 2.09. The van der Waals surface area contributed by atoms with Gasteiger partial charge in [-0.2, -0.15) is 0 Å². The molecule has 0 saturated heterocycles. The molecule has 0 atom stereocenters. The lowest BCUT2D eigenvalue weighted by molar-refractivity contribution is 0.112. The number of carbonyl (C=O) groups is 1. The number of hydrogen-bond acceptors (Lipinski definition) is 4. The molecule has 0 bridgehead atoms. The average molecular weight is 224 g/mol. The lowest BCUT2D eigenvalue weighted by Crippen LogP contribution is -1.96. The second kappa shape index (κ2) is 3.83. The smallest absolute Gasteiger partial charge is 0.196 e. The molecule has 3 aromatic rings. The van der Waals surface area contributed by atoms with Crippen molar-refractivity contribution in [3.05, 3.63) is 48.4 Å². The Bertz CT molecular complexity index is 675. The molecule has 0 aliphatic rings. The van der Waals surface area contributed by atoms with Crippen LogP contribution in [0.15, 0.2) is 47.1 Å². The minimum absolute atomic E-state index is 0.377. The second-order valence-electron chi connectivity index (χ2n) is 3.54. The molecule has 0 aliphatic carbocycles. The molecule has 0 amide bonds. The third-order valence-corrected chi connectivity index (χ3v) is 2.49. The van der Waals surface area contributed by atoms with Crippen molar-refractivity contribution in [2.45, 2.75) is 0 Å². The van der Waals surface area contributed by atoms with Crippen molar-refractivity contribution in [2.75, 3.05) is 0 Å². The van der Waals surface area contributed by atoms with Gasteiger partial charge in [-0.1, -0.05) is 18.2 Å². The van der Waals surface area contributed by atoms with Gasteiger partial charge in [-0.25, -0.2) is 9.97 Å². The van der Waals surface area contributed by atoms with Crippen molar-refractivity contribution >= 4 is 17.2 Å². The van der Waals surface area contributed by atoms with Gasteiger partial charge >= 0.3 is 0 Å². The number of para-hydroxylation sites is 1. The maximum absolute atomic E-state index is 11.0. The monoisotopic (exact) mass is 224 g/mol. The molecule has 0 fully saturated rings. The summed E-state index contributed by atoms with van der Waals surface area (Å²) >= 11 is 0. The highest BCUT2D eigenvalue weighted by molar-refractivity contribution is 5.95. The van der Waals surface area contributed by atoms with Crippen LogP contribution in [0.1, 0.15) is 10.5 Å². The summed E-state index contributed by atoms with van der Waals surface area (Å²) in [4.78, 5) is 19.6. The molecule has 2 aromatic heterocycles. The fraction of sp³-hybridized carbons (Fsp3) is 0. The number of nitrogens with zero attached hydrogens (tertiary/aromatic N) is 2.